The number of aromatic nitrogens is 3. The van der Waals surface area contributed by atoms with Gasteiger partial charge in [-0.3, -0.25) is 4.79 Å². The van der Waals surface area contributed by atoms with Gasteiger partial charge in [0.2, 0.25) is 11.8 Å². The monoisotopic (exact) mass is 204 g/mol. The van der Waals surface area contributed by atoms with Gasteiger partial charge in [0, 0.05) is 18.5 Å². The molecule has 0 spiro atoms. The molecule has 0 aromatic carbocycles. The van der Waals surface area contributed by atoms with Gasteiger partial charge in [-0.2, -0.15) is 0 Å². The summed E-state index contributed by atoms with van der Waals surface area (Å²) in [5.74, 6) is -0.117. The smallest absolute Gasteiger partial charge is 0.250 e. The van der Waals surface area contributed by atoms with Crippen LogP contribution in [0.2, 0.25) is 0 Å². The molecule has 1 amide bonds. The summed E-state index contributed by atoms with van der Waals surface area (Å²) >= 11 is 0. The van der Waals surface area contributed by atoms with Gasteiger partial charge >= 0.3 is 0 Å². The van der Waals surface area contributed by atoms with Gasteiger partial charge in [0.05, 0.1) is 5.56 Å². The molecule has 0 aliphatic carbocycles. The van der Waals surface area contributed by atoms with Crippen LogP contribution in [0.3, 0.4) is 0 Å². The molecule has 0 bridgehead atoms. The predicted molar refractivity (Wildman–Crippen MR) is 51.5 cm³/mol. The second-order valence-electron chi connectivity index (χ2n) is 2.89. The normalized spacial score (nSPS) is 10.1. The van der Waals surface area contributed by atoms with Crippen LogP contribution < -0.4 is 5.73 Å². The molecule has 0 aliphatic heterocycles. The zero-order valence-corrected chi connectivity index (χ0v) is 7.66. The first-order valence-corrected chi connectivity index (χ1v) is 4.17. The van der Waals surface area contributed by atoms with Gasteiger partial charge in [-0.1, -0.05) is 0 Å². The van der Waals surface area contributed by atoms with Gasteiger partial charge in [0.25, 0.3) is 0 Å². The minimum absolute atomic E-state index is 0.0872. The summed E-state index contributed by atoms with van der Waals surface area (Å²) in [4.78, 5) is 14.7. The summed E-state index contributed by atoms with van der Waals surface area (Å²) in [6, 6.07) is 4.57. The summed E-state index contributed by atoms with van der Waals surface area (Å²) in [5, 5.41) is 12.8. The molecule has 0 fully saturated rings. The van der Waals surface area contributed by atoms with E-state index in [-0.39, 0.29) is 5.88 Å². The maximum absolute atomic E-state index is 10.8. The number of pyridine rings is 1. The second-order valence-corrected chi connectivity index (χ2v) is 2.89. The molecule has 2 aromatic heterocycles. The number of nitrogens with two attached hydrogens (primary N) is 1. The quantitative estimate of drug-likeness (QED) is 0.723. The lowest BCUT2D eigenvalue weighted by molar-refractivity contribution is 0.1000. The van der Waals surface area contributed by atoms with Crippen molar-refractivity contribution < 1.29 is 9.90 Å². The molecule has 6 nitrogen and oxygen atoms in total. The number of hydrogen-bond acceptors (Lipinski definition) is 4. The van der Waals surface area contributed by atoms with Crippen molar-refractivity contribution in [2.45, 2.75) is 0 Å². The zero-order chi connectivity index (χ0) is 10.8. The molecule has 0 atom stereocenters. The van der Waals surface area contributed by atoms with Crippen molar-refractivity contribution in [2.24, 2.45) is 5.73 Å². The summed E-state index contributed by atoms with van der Waals surface area (Å²) in [5.41, 5.74) is 5.39. The van der Waals surface area contributed by atoms with Crippen LogP contribution >= 0.6 is 0 Å². The van der Waals surface area contributed by atoms with E-state index in [0.29, 0.717) is 11.4 Å². The lowest BCUT2D eigenvalue weighted by atomic mass is 10.3. The number of rotatable bonds is 2. The molecule has 15 heavy (non-hydrogen) atoms. The minimum Gasteiger partial charge on any atom is -0.492 e. The number of primary amides is 1. The number of carbonyl (C=O) groups is 1. The maximum Gasteiger partial charge on any atom is 0.250 e. The van der Waals surface area contributed by atoms with Crippen LogP contribution in [0, 0.1) is 0 Å². The van der Waals surface area contributed by atoms with Crippen LogP contribution in [0.4, 0.5) is 0 Å². The molecule has 0 saturated carbocycles. The molecule has 2 aromatic rings. The first kappa shape index (κ1) is 9.20. The molecular formula is C9H8N4O2. The Bertz CT molecular complexity index is 489. The molecular weight excluding hydrogens is 196 g/mol. The first-order valence-electron chi connectivity index (χ1n) is 4.17. The van der Waals surface area contributed by atoms with Crippen molar-refractivity contribution in [3.05, 3.63) is 36.2 Å². The third-order valence-corrected chi connectivity index (χ3v) is 1.84. The van der Waals surface area contributed by atoms with E-state index in [9.17, 15) is 4.79 Å². The summed E-state index contributed by atoms with van der Waals surface area (Å²) < 4.78 is 1.39. The van der Waals surface area contributed by atoms with Crippen molar-refractivity contribution in [3.8, 4) is 11.7 Å². The largest absolute Gasteiger partial charge is 0.492 e. The number of aromatic hydroxyl groups is 1. The molecule has 0 radical (unpaired) electrons. The molecule has 0 saturated heterocycles. The van der Waals surface area contributed by atoms with E-state index in [1.165, 1.54) is 16.9 Å². The van der Waals surface area contributed by atoms with Crippen LogP contribution in [-0.4, -0.2) is 25.8 Å². The Morgan fingerprint density at radius 1 is 1.40 bits per heavy atom. The van der Waals surface area contributed by atoms with Gasteiger partial charge in [-0.15, -0.1) is 5.10 Å². The highest BCUT2D eigenvalue weighted by Crippen LogP contribution is 2.08. The Hall–Kier alpha value is -2.37. The highest BCUT2D eigenvalue weighted by atomic mass is 16.3. The predicted octanol–water partition coefficient (Wildman–Crippen LogP) is 0.0718. The molecule has 3 N–H and O–H groups in total. The van der Waals surface area contributed by atoms with Crippen LogP contribution in [0.25, 0.3) is 5.82 Å². The molecule has 2 rings (SSSR count). The number of carbonyl (C=O) groups excluding carboxylic acids is 1. The van der Waals surface area contributed by atoms with Crippen molar-refractivity contribution >= 4 is 5.91 Å². The van der Waals surface area contributed by atoms with Crippen LogP contribution in [0.1, 0.15) is 10.4 Å². The van der Waals surface area contributed by atoms with Crippen molar-refractivity contribution in [1.29, 1.82) is 0 Å². The van der Waals surface area contributed by atoms with Crippen LogP contribution in [0.5, 0.6) is 5.88 Å². The lowest BCUT2D eigenvalue weighted by Gasteiger charge is -2.00. The molecule has 6 heteroatoms. The third-order valence-electron chi connectivity index (χ3n) is 1.84. The van der Waals surface area contributed by atoms with Gasteiger partial charge in [0.15, 0.2) is 5.82 Å². The fourth-order valence-corrected chi connectivity index (χ4v) is 1.11. The van der Waals surface area contributed by atoms with Crippen LogP contribution in [0.15, 0.2) is 30.6 Å². The van der Waals surface area contributed by atoms with Crippen molar-refractivity contribution in [2.75, 3.05) is 0 Å². The van der Waals surface area contributed by atoms with Crippen molar-refractivity contribution in [1.82, 2.24) is 14.8 Å². The Labute approximate surface area is 85.0 Å². The average molecular weight is 204 g/mol. The van der Waals surface area contributed by atoms with Gasteiger partial charge in [-0.25, -0.2) is 9.67 Å². The molecule has 2 heterocycles. The Kier molecular flexibility index (Phi) is 2.09. The van der Waals surface area contributed by atoms with E-state index in [4.69, 9.17) is 10.8 Å². The van der Waals surface area contributed by atoms with E-state index in [1.807, 2.05) is 0 Å². The number of hydrogen-bond donors (Lipinski definition) is 2. The SMILES string of the molecule is NC(=O)c1ccc(-n2ccc(O)n2)nc1. The van der Waals surface area contributed by atoms with Crippen molar-refractivity contribution in [3.63, 3.8) is 0 Å². The lowest BCUT2D eigenvalue weighted by Crippen LogP contribution is -2.11. The van der Waals surface area contributed by atoms with E-state index in [2.05, 4.69) is 10.1 Å². The molecule has 0 aliphatic rings. The van der Waals surface area contributed by atoms with Gasteiger partial charge < -0.3 is 10.8 Å². The number of amides is 1. The van der Waals surface area contributed by atoms with E-state index in [0.717, 1.165) is 0 Å². The van der Waals surface area contributed by atoms with E-state index in [1.54, 1.807) is 18.3 Å². The van der Waals surface area contributed by atoms with E-state index < -0.39 is 5.91 Å². The summed E-state index contributed by atoms with van der Waals surface area (Å²) in [6.45, 7) is 0. The second kappa shape index (κ2) is 3.41. The van der Waals surface area contributed by atoms with Crippen LogP contribution in [-0.2, 0) is 0 Å². The average Bonchev–Trinajstić information content (AvgIpc) is 2.65. The highest BCUT2D eigenvalue weighted by molar-refractivity contribution is 5.92. The Morgan fingerprint density at radius 3 is 2.67 bits per heavy atom. The topological polar surface area (TPSA) is 94.0 Å². The van der Waals surface area contributed by atoms with Gasteiger partial charge in [0.1, 0.15) is 0 Å². The summed E-state index contributed by atoms with van der Waals surface area (Å²) in [7, 11) is 0. The molecule has 76 valence electrons. The molecule has 0 unspecified atom stereocenters. The number of nitrogens with zero attached hydrogens (tertiary/aromatic N) is 3. The standard InChI is InChI=1S/C9H8N4O2/c10-9(15)6-1-2-7(11-5-6)13-4-3-8(14)12-13/h1-5H,(H2,10,15)(H,12,14). The Balaban J connectivity index is 2.35. The summed E-state index contributed by atoms with van der Waals surface area (Å²) in [6.07, 6.45) is 2.91. The van der Waals surface area contributed by atoms with E-state index >= 15 is 0 Å². The first-order chi connectivity index (χ1) is 7.16. The fraction of sp³-hybridized carbons (Fsp3) is 0. The highest BCUT2D eigenvalue weighted by Gasteiger charge is 2.03. The minimum atomic E-state index is -0.530. The Morgan fingerprint density at radius 2 is 2.20 bits per heavy atom. The zero-order valence-electron chi connectivity index (χ0n) is 7.66. The third kappa shape index (κ3) is 1.78. The van der Waals surface area contributed by atoms with Gasteiger partial charge in [-0.05, 0) is 12.1 Å². The maximum atomic E-state index is 10.8. The fourth-order valence-electron chi connectivity index (χ4n) is 1.11.